The number of halogens is 1. The number of nitrogens with one attached hydrogen (secondary N) is 1. The van der Waals surface area contributed by atoms with E-state index in [1.807, 2.05) is 0 Å². The first-order valence-electron chi connectivity index (χ1n) is 5.34. The van der Waals surface area contributed by atoms with Crippen molar-refractivity contribution in [2.24, 2.45) is 5.84 Å². The molecule has 3 N–H and O–H groups in total. The van der Waals surface area contributed by atoms with Crippen LogP contribution in [0.1, 0.15) is 24.0 Å². The highest BCUT2D eigenvalue weighted by Crippen LogP contribution is 2.09. The molecular weight excluding hydrogens is 208 g/mol. The topological polar surface area (TPSA) is 38.0 Å². The molecule has 0 heterocycles. The van der Waals surface area contributed by atoms with Crippen LogP contribution in [0.15, 0.2) is 24.3 Å². The van der Waals surface area contributed by atoms with Crippen LogP contribution in [0.3, 0.4) is 0 Å². The van der Waals surface area contributed by atoms with Crippen LogP contribution in [0.4, 0.5) is 0 Å². The molecule has 84 valence electrons. The van der Waals surface area contributed by atoms with Crippen molar-refractivity contribution in [3.63, 3.8) is 0 Å². The van der Waals surface area contributed by atoms with Crippen molar-refractivity contribution in [2.75, 3.05) is 5.88 Å². The molecule has 0 aliphatic rings. The van der Waals surface area contributed by atoms with Crippen molar-refractivity contribution >= 4 is 11.6 Å². The maximum absolute atomic E-state index is 5.66. The molecule has 3 heteroatoms. The van der Waals surface area contributed by atoms with Gasteiger partial charge in [-0.3, -0.25) is 11.3 Å². The molecule has 0 radical (unpaired) electrons. The second kappa shape index (κ2) is 6.83. The lowest BCUT2D eigenvalue weighted by Crippen LogP contribution is -2.36. The quantitative estimate of drug-likeness (QED) is 0.444. The van der Waals surface area contributed by atoms with E-state index in [1.54, 1.807) is 0 Å². The maximum Gasteiger partial charge on any atom is 0.0251 e. The molecule has 0 bridgehead atoms. The molecule has 0 aliphatic carbocycles. The van der Waals surface area contributed by atoms with Gasteiger partial charge in [0.1, 0.15) is 0 Å². The van der Waals surface area contributed by atoms with Crippen LogP contribution < -0.4 is 11.3 Å². The van der Waals surface area contributed by atoms with Crippen LogP contribution in [0.2, 0.25) is 0 Å². The molecule has 1 rings (SSSR count). The third-order valence-electron chi connectivity index (χ3n) is 2.49. The van der Waals surface area contributed by atoms with Gasteiger partial charge in [0.25, 0.3) is 0 Å². The summed E-state index contributed by atoms with van der Waals surface area (Å²) in [5.74, 6) is 6.21. The van der Waals surface area contributed by atoms with Gasteiger partial charge < -0.3 is 0 Å². The second-order valence-electron chi connectivity index (χ2n) is 3.89. The zero-order valence-electron chi connectivity index (χ0n) is 9.17. The molecule has 0 spiro atoms. The SMILES string of the molecule is Cc1cccc(CC(CCCCl)NN)c1. The molecule has 0 fully saturated rings. The molecule has 0 aliphatic heterocycles. The maximum atomic E-state index is 5.66. The van der Waals surface area contributed by atoms with E-state index in [-0.39, 0.29) is 0 Å². The molecular formula is C12H19ClN2. The van der Waals surface area contributed by atoms with Crippen LogP contribution in [-0.2, 0) is 6.42 Å². The van der Waals surface area contributed by atoms with E-state index in [2.05, 4.69) is 36.6 Å². The molecule has 0 amide bonds. The van der Waals surface area contributed by atoms with Crippen molar-refractivity contribution in [3.8, 4) is 0 Å². The Morgan fingerprint density at radius 1 is 1.47 bits per heavy atom. The summed E-state index contributed by atoms with van der Waals surface area (Å²) in [4.78, 5) is 0. The van der Waals surface area contributed by atoms with E-state index < -0.39 is 0 Å². The standard InChI is InChI=1S/C12H19ClN2/c1-10-4-2-5-11(8-10)9-12(15-14)6-3-7-13/h2,4-5,8,12,15H,3,6-7,9,14H2,1H3. The number of aryl methyl sites for hydroxylation is 1. The first-order chi connectivity index (χ1) is 7.26. The Labute approximate surface area is 96.8 Å². The lowest BCUT2D eigenvalue weighted by Gasteiger charge is -2.15. The van der Waals surface area contributed by atoms with E-state index in [0.717, 1.165) is 19.3 Å². The Bertz CT molecular complexity index is 289. The molecule has 15 heavy (non-hydrogen) atoms. The van der Waals surface area contributed by atoms with Gasteiger partial charge in [-0.05, 0) is 31.7 Å². The zero-order chi connectivity index (χ0) is 11.1. The molecule has 1 aromatic rings. The largest absolute Gasteiger partial charge is 0.271 e. The number of hydrogen-bond acceptors (Lipinski definition) is 2. The fraction of sp³-hybridized carbons (Fsp3) is 0.500. The monoisotopic (exact) mass is 226 g/mol. The van der Waals surface area contributed by atoms with Gasteiger partial charge in [0.15, 0.2) is 0 Å². The smallest absolute Gasteiger partial charge is 0.0251 e. The second-order valence-corrected chi connectivity index (χ2v) is 4.27. The van der Waals surface area contributed by atoms with Crippen LogP contribution in [0.5, 0.6) is 0 Å². The van der Waals surface area contributed by atoms with Crippen molar-refractivity contribution in [1.29, 1.82) is 0 Å². The normalized spacial score (nSPS) is 12.7. The summed E-state index contributed by atoms with van der Waals surface area (Å²) in [6, 6.07) is 8.85. The molecule has 0 saturated heterocycles. The lowest BCUT2D eigenvalue weighted by molar-refractivity contribution is 0.487. The summed E-state index contributed by atoms with van der Waals surface area (Å²) < 4.78 is 0. The average molecular weight is 227 g/mol. The highest BCUT2D eigenvalue weighted by Gasteiger charge is 2.06. The van der Waals surface area contributed by atoms with Gasteiger partial charge in [0.05, 0.1) is 0 Å². The third kappa shape index (κ3) is 4.65. The van der Waals surface area contributed by atoms with Gasteiger partial charge in [0.2, 0.25) is 0 Å². The fourth-order valence-corrected chi connectivity index (χ4v) is 1.85. The molecule has 1 unspecified atom stereocenters. The predicted molar refractivity (Wildman–Crippen MR) is 65.9 cm³/mol. The highest BCUT2D eigenvalue weighted by molar-refractivity contribution is 6.17. The number of alkyl halides is 1. The summed E-state index contributed by atoms with van der Waals surface area (Å²) in [6.45, 7) is 2.10. The minimum absolute atomic E-state index is 0.325. The van der Waals surface area contributed by atoms with E-state index in [9.17, 15) is 0 Å². The number of hydrogen-bond donors (Lipinski definition) is 2. The van der Waals surface area contributed by atoms with Gasteiger partial charge >= 0.3 is 0 Å². The Morgan fingerprint density at radius 2 is 2.27 bits per heavy atom. The summed E-state index contributed by atoms with van der Waals surface area (Å²) in [5, 5.41) is 0. The third-order valence-corrected chi connectivity index (χ3v) is 2.75. The van der Waals surface area contributed by atoms with Gasteiger partial charge in [0, 0.05) is 11.9 Å². The van der Waals surface area contributed by atoms with E-state index in [0.29, 0.717) is 11.9 Å². The Balaban J connectivity index is 2.50. The number of nitrogens with two attached hydrogens (primary N) is 1. The number of benzene rings is 1. The van der Waals surface area contributed by atoms with Gasteiger partial charge in [-0.1, -0.05) is 29.8 Å². The van der Waals surface area contributed by atoms with Gasteiger partial charge in [-0.15, -0.1) is 11.6 Å². The average Bonchev–Trinajstić information content (AvgIpc) is 2.24. The first kappa shape index (κ1) is 12.5. The van der Waals surface area contributed by atoms with Crippen LogP contribution in [-0.4, -0.2) is 11.9 Å². The van der Waals surface area contributed by atoms with E-state index >= 15 is 0 Å². The van der Waals surface area contributed by atoms with E-state index in [1.165, 1.54) is 11.1 Å². The van der Waals surface area contributed by atoms with Crippen molar-refractivity contribution in [2.45, 2.75) is 32.2 Å². The first-order valence-corrected chi connectivity index (χ1v) is 5.87. The molecule has 1 atom stereocenters. The van der Waals surface area contributed by atoms with Crippen LogP contribution in [0, 0.1) is 6.92 Å². The van der Waals surface area contributed by atoms with Crippen LogP contribution >= 0.6 is 11.6 Å². The molecule has 0 saturated carbocycles. The zero-order valence-corrected chi connectivity index (χ0v) is 9.93. The molecule has 0 aromatic heterocycles. The molecule has 1 aromatic carbocycles. The van der Waals surface area contributed by atoms with Gasteiger partial charge in [-0.2, -0.15) is 0 Å². The Kier molecular flexibility index (Phi) is 5.69. The van der Waals surface area contributed by atoms with Crippen molar-refractivity contribution in [1.82, 2.24) is 5.43 Å². The lowest BCUT2D eigenvalue weighted by atomic mass is 10.0. The van der Waals surface area contributed by atoms with Crippen molar-refractivity contribution in [3.05, 3.63) is 35.4 Å². The minimum atomic E-state index is 0.325. The van der Waals surface area contributed by atoms with Crippen molar-refractivity contribution < 1.29 is 0 Å². The fourth-order valence-electron chi connectivity index (χ4n) is 1.69. The predicted octanol–water partition coefficient (Wildman–Crippen LogP) is 2.39. The molecule has 2 nitrogen and oxygen atoms in total. The minimum Gasteiger partial charge on any atom is -0.271 e. The van der Waals surface area contributed by atoms with Crippen LogP contribution in [0.25, 0.3) is 0 Å². The summed E-state index contributed by atoms with van der Waals surface area (Å²) >= 11 is 5.66. The highest BCUT2D eigenvalue weighted by atomic mass is 35.5. The van der Waals surface area contributed by atoms with Gasteiger partial charge in [-0.25, -0.2) is 0 Å². The number of rotatable bonds is 6. The summed E-state index contributed by atoms with van der Waals surface area (Å²) in [7, 11) is 0. The van der Waals surface area contributed by atoms with E-state index in [4.69, 9.17) is 17.4 Å². The Morgan fingerprint density at radius 3 is 2.87 bits per heavy atom. The number of hydrazine groups is 1. The Hall–Kier alpha value is -0.570. The summed E-state index contributed by atoms with van der Waals surface area (Å²) in [6.07, 6.45) is 2.99. The summed E-state index contributed by atoms with van der Waals surface area (Å²) in [5.41, 5.74) is 5.46.